The summed E-state index contributed by atoms with van der Waals surface area (Å²) in [7, 11) is 1.89. The number of likely N-dealkylation sites (N-methyl/N-ethyl adjacent to an activating group) is 1. The molecule has 2 heterocycles. The Hall–Kier alpha value is -3.51. The summed E-state index contributed by atoms with van der Waals surface area (Å²) >= 11 is 0. The first kappa shape index (κ1) is 29.0. The average Bonchev–Trinajstić information content (AvgIpc) is 3.02. The van der Waals surface area contributed by atoms with Crippen molar-refractivity contribution in [3.05, 3.63) is 71.8 Å². The maximum absolute atomic E-state index is 12.8. The van der Waals surface area contributed by atoms with Gasteiger partial charge in [-0.25, -0.2) is 0 Å². The second-order valence-corrected chi connectivity index (χ2v) is 10.2. The molecule has 2 aliphatic heterocycles. The first-order chi connectivity index (χ1) is 19.9. The van der Waals surface area contributed by atoms with E-state index in [-0.39, 0.29) is 37.4 Å². The lowest BCUT2D eigenvalue weighted by Crippen LogP contribution is -2.50. The van der Waals surface area contributed by atoms with Crippen LogP contribution in [0.3, 0.4) is 0 Å². The Balaban J connectivity index is 1.17. The molecule has 2 fully saturated rings. The Morgan fingerprint density at radius 3 is 2.34 bits per heavy atom. The summed E-state index contributed by atoms with van der Waals surface area (Å²) in [5, 5.41) is 15.2. The third-order valence-electron chi connectivity index (χ3n) is 7.41. The molecule has 10 heteroatoms. The number of nitrogens with zero attached hydrogens (tertiary/aromatic N) is 1. The van der Waals surface area contributed by atoms with Gasteiger partial charge in [0.05, 0.1) is 32.5 Å². The Kier molecular flexibility index (Phi) is 9.50. The molecule has 216 valence electrons. The lowest BCUT2D eigenvalue weighted by Gasteiger charge is -2.34. The van der Waals surface area contributed by atoms with Crippen LogP contribution in [0, 0.1) is 0 Å². The number of carbonyl (C=O) groups excluding carboxylic acids is 3. The molecule has 0 spiro atoms. The van der Waals surface area contributed by atoms with Crippen molar-refractivity contribution in [1.82, 2.24) is 10.2 Å². The van der Waals surface area contributed by atoms with Crippen LogP contribution in [0.2, 0.25) is 0 Å². The van der Waals surface area contributed by atoms with Crippen molar-refractivity contribution < 1.29 is 38.4 Å². The predicted octanol–water partition coefficient (Wildman–Crippen LogP) is 2.07. The normalized spacial score (nSPS) is 20.4. The van der Waals surface area contributed by atoms with Crippen molar-refractivity contribution in [2.24, 2.45) is 0 Å². The number of hydrogen-bond acceptors (Lipinski definition) is 10. The number of Topliss-reactive ketones (excluding diaryl/α,β-unsaturated/α-hetero) is 2. The van der Waals surface area contributed by atoms with Crippen LogP contribution in [0.15, 0.2) is 60.7 Å². The molecule has 5 rings (SSSR count). The summed E-state index contributed by atoms with van der Waals surface area (Å²) in [4.78, 5) is 39.4. The lowest BCUT2D eigenvalue weighted by atomic mass is 9.98. The summed E-state index contributed by atoms with van der Waals surface area (Å²) < 4.78 is 21.3. The van der Waals surface area contributed by atoms with Crippen LogP contribution in [0.4, 0.5) is 0 Å². The van der Waals surface area contributed by atoms with E-state index in [0.717, 1.165) is 21.9 Å². The molecule has 2 saturated heterocycles. The van der Waals surface area contributed by atoms with E-state index in [2.05, 4.69) is 5.32 Å². The topological polar surface area (TPSA) is 124 Å². The molecule has 10 nitrogen and oxygen atoms in total. The fourth-order valence-corrected chi connectivity index (χ4v) is 4.85. The molecule has 3 aromatic rings. The van der Waals surface area contributed by atoms with Crippen molar-refractivity contribution in [2.75, 3.05) is 59.8 Å². The van der Waals surface area contributed by atoms with Gasteiger partial charge in [-0.1, -0.05) is 48.5 Å². The number of fused-ring (bicyclic) bond motifs is 1. The number of morpholine rings is 2. The van der Waals surface area contributed by atoms with Crippen molar-refractivity contribution in [1.29, 1.82) is 0 Å². The fourth-order valence-electron chi connectivity index (χ4n) is 4.85. The van der Waals surface area contributed by atoms with Crippen LogP contribution in [-0.2, 0) is 23.7 Å². The van der Waals surface area contributed by atoms with Gasteiger partial charge in [-0.3, -0.25) is 19.3 Å². The third kappa shape index (κ3) is 7.23. The molecule has 0 saturated carbocycles. The highest BCUT2D eigenvalue weighted by molar-refractivity contribution is 6.01. The quantitative estimate of drug-likeness (QED) is 0.216. The minimum Gasteiger partial charge on any atom is -0.456 e. The summed E-state index contributed by atoms with van der Waals surface area (Å²) in [5.41, 5.74) is 2.83. The van der Waals surface area contributed by atoms with Crippen molar-refractivity contribution in [3.63, 3.8) is 0 Å². The molecule has 0 radical (unpaired) electrons. The second kappa shape index (κ2) is 13.4. The molecule has 0 aromatic heterocycles. The maximum atomic E-state index is 12.8. The zero-order chi connectivity index (χ0) is 28.8. The molecule has 41 heavy (non-hydrogen) atoms. The molecule has 0 aliphatic carbocycles. The Morgan fingerprint density at radius 2 is 1.59 bits per heavy atom. The van der Waals surface area contributed by atoms with Crippen LogP contribution in [-0.4, -0.2) is 106 Å². The third-order valence-corrected chi connectivity index (χ3v) is 7.41. The largest absolute Gasteiger partial charge is 0.456 e. The van der Waals surface area contributed by atoms with E-state index in [9.17, 15) is 19.5 Å². The molecular formula is C31H34N2O8. The number of ether oxygens (including phenoxy) is 4. The number of rotatable bonds is 10. The van der Waals surface area contributed by atoms with Gasteiger partial charge in [0.2, 0.25) is 0 Å². The Bertz CT molecular complexity index is 1390. The second-order valence-electron chi connectivity index (χ2n) is 10.2. The van der Waals surface area contributed by atoms with Crippen molar-refractivity contribution in [3.8, 4) is 11.1 Å². The molecular weight excluding hydrogens is 528 g/mol. The first-order valence-corrected chi connectivity index (χ1v) is 13.6. The SMILES string of the molecule is CN1CCOC[C@H]1C(O)OCC(=O)c1ccc2cc(-c3ccc(C(=O)COC(=O)[C@@H]4COCCN4)cc3)ccc2c1. The van der Waals surface area contributed by atoms with Gasteiger partial charge in [0.25, 0.3) is 0 Å². The van der Waals surface area contributed by atoms with E-state index >= 15 is 0 Å². The van der Waals surface area contributed by atoms with Crippen LogP contribution in [0.5, 0.6) is 0 Å². The first-order valence-electron chi connectivity index (χ1n) is 13.6. The fraction of sp³-hybridized carbons (Fsp3) is 0.387. The number of nitrogens with one attached hydrogen (secondary N) is 1. The highest BCUT2D eigenvalue weighted by atomic mass is 16.6. The molecule has 2 aliphatic rings. The van der Waals surface area contributed by atoms with Crippen molar-refractivity contribution >= 4 is 28.3 Å². The van der Waals surface area contributed by atoms with Gasteiger partial charge >= 0.3 is 5.97 Å². The van der Waals surface area contributed by atoms with Crippen LogP contribution in [0.25, 0.3) is 21.9 Å². The summed E-state index contributed by atoms with van der Waals surface area (Å²) in [6, 6.07) is 17.6. The summed E-state index contributed by atoms with van der Waals surface area (Å²) in [5.74, 6) is -1.00. The Labute approximate surface area is 238 Å². The Morgan fingerprint density at radius 1 is 0.902 bits per heavy atom. The van der Waals surface area contributed by atoms with Gasteiger partial charge < -0.3 is 29.4 Å². The molecule has 3 atom stereocenters. The summed E-state index contributed by atoms with van der Waals surface area (Å²) in [6.07, 6.45) is -1.11. The number of aliphatic hydroxyl groups excluding tert-OH is 1. The number of carbonyl (C=O) groups is 3. The van der Waals surface area contributed by atoms with E-state index in [1.54, 1.807) is 18.2 Å². The number of ketones is 2. The molecule has 3 aromatic carbocycles. The smallest absolute Gasteiger partial charge is 0.325 e. The molecule has 2 N–H and O–H groups in total. The highest BCUT2D eigenvalue weighted by Gasteiger charge is 2.28. The minimum absolute atomic E-state index is 0.219. The number of benzene rings is 3. The van der Waals surface area contributed by atoms with Crippen LogP contribution in [0.1, 0.15) is 20.7 Å². The van der Waals surface area contributed by atoms with E-state index in [1.807, 2.05) is 54.4 Å². The van der Waals surface area contributed by atoms with E-state index in [1.165, 1.54) is 0 Å². The zero-order valence-corrected chi connectivity index (χ0v) is 22.9. The number of esters is 1. The van der Waals surface area contributed by atoms with E-state index in [4.69, 9.17) is 18.9 Å². The van der Waals surface area contributed by atoms with E-state index in [0.29, 0.717) is 44.0 Å². The molecule has 0 bridgehead atoms. The average molecular weight is 563 g/mol. The van der Waals surface area contributed by atoms with Gasteiger partial charge in [-0.2, -0.15) is 0 Å². The van der Waals surface area contributed by atoms with Gasteiger partial charge in [0, 0.05) is 24.2 Å². The number of aliphatic hydroxyl groups is 1. The lowest BCUT2D eigenvalue weighted by molar-refractivity contribution is -0.162. The zero-order valence-electron chi connectivity index (χ0n) is 22.9. The highest BCUT2D eigenvalue weighted by Crippen LogP contribution is 2.26. The monoisotopic (exact) mass is 562 g/mol. The van der Waals surface area contributed by atoms with Crippen LogP contribution >= 0.6 is 0 Å². The standard InChI is InChI=1S/C31H34N2O8/c1-33-11-13-39-17-27(33)31(37)41-19-29(35)25-9-8-23-14-22(6-7-24(23)15-25)20-2-4-21(5-3-20)28(34)18-40-30(36)26-16-38-12-10-32-26/h2-9,14-15,26-27,31-32,37H,10-13,16-19H2,1H3/t26-,27-,31?/m0/s1. The molecule has 1 unspecified atom stereocenters. The minimum atomic E-state index is -1.11. The van der Waals surface area contributed by atoms with Crippen LogP contribution < -0.4 is 5.32 Å². The van der Waals surface area contributed by atoms with Crippen molar-refractivity contribution in [2.45, 2.75) is 18.4 Å². The van der Waals surface area contributed by atoms with Gasteiger partial charge in [0.15, 0.2) is 24.5 Å². The van der Waals surface area contributed by atoms with Gasteiger partial charge in [-0.05, 0) is 41.1 Å². The predicted molar refractivity (Wildman–Crippen MR) is 151 cm³/mol. The van der Waals surface area contributed by atoms with Gasteiger partial charge in [-0.15, -0.1) is 0 Å². The summed E-state index contributed by atoms with van der Waals surface area (Å²) in [6.45, 7) is 2.44. The molecule has 0 amide bonds. The van der Waals surface area contributed by atoms with Gasteiger partial charge in [0.1, 0.15) is 12.6 Å². The maximum Gasteiger partial charge on any atom is 0.325 e. The van der Waals surface area contributed by atoms with E-state index < -0.39 is 18.3 Å². The number of hydrogen-bond donors (Lipinski definition) is 2.